The second-order valence-corrected chi connectivity index (χ2v) is 5.92. The van der Waals surface area contributed by atoms with Gasteiger partial charge in [0.1, 0.15) is 13.2 Å². The first-order valence-corrected chi connectivity index (χ1v) is 7.73. The zero-order valence-corrected chi connectivity index (χ0v) is 11.4. The van der Waals surface area contributed by atoms with Crippen LogP contribution in [0.1, 0.15) is 12.5 Å². The van der Waals surface area contributed by atoms with Gasteiger partial charge in [0.25, 0.3) is 0 Å². The van der Waals surface area contributed by atoms with E-state index in [9.17, 15) is 4.21 Å². The van der Waals surface area contributed by atoms with Gasteiger partial charge in [-0.05, 0) is 6.07 Å². The van der Waals surface area contributed by atoms with Crippen LogP contribution in [-0.2, 0) is 17.3 Å². The summed E-state index contributed by atoms with van der Waals surface area (Å²) >= 11 is 0. The Kier molecular flexibility index (Phi) is 5.01. The van der Waals surface area contributed by atoms with Crippen LogP contribution in [0.15, 0.2) is 18.2 Å². The van der Waals surface area contributed by atoms with Crippen LogP contribution in [-0.4, -0.2) is 35.5 Å². The van der Waals surface area contributed by atoms with Gasteiger partial charge >= 0.3 is 0 Å². The summed E-state index contributed by atoms with van der Waals surface area (Å²) in [5.74, 6) is 3.08. The molecule has 1 aliphatic rings. The molecule has 2 rings (SSSR count). The van der Waals surface area contributed by atoms with Crippen molar-refractivity contribution in [3.8, 4) is 11.5 Å². The van der Waals surface area contributed by atoms with Crippen molar-refractivity contribution in [2.24, 2.45) is 0 Å². The highest BCUT2D eigenvalue weighted by Gasteiger charge is 2.14. The third-order valence-electron chi connectivity index (χ3n) is 2.79. The average molecular weight is 269 g/mol. The van der Waals surface area contributed by atoms with Crippen molar-refractivity contribution in [3.63, 3.8) is 0 Å². The van der Waals surface area contributed by atoms with Crippen molar-refractivity contribution in [3.05, 3.63) is 23.8 Å². The molecule has 0 fully saturated rings. The number of hydrogen-bond acceptors (Lipinski definition) is 4. The van der Waals surface area contributed by atoms with Crippen LogP contribution < -0.4 is 14.8 Å². The summed E-state index contributed by atoms with van der Waals surface area (Å²) in [5, 5.41) is 3.29. The molecule has 1 heterocycles. The Hall–Kier alpha value is -1.07. The van der Waals surface area contributed by atoms with Gasteiger partial charge in [-0.2, -0.15) is 0 Å². The fraction of sp³-hybridized carbons (Fsp3) is 0.538. The van der Waals surface area contributed by atoms with Gasteiger partial charge in [0.15, 0.2) is 11.5 Å². The van der Waals surface area contributed by atoms with Crippen molar-refractivity contribution in [2.45, 2.75) is 13.5 Å². The van der Waals surface area contributed by atoms with E-state index in [2.05, 4.69) is 5.32 Å². The molecule has 0 bridgehead atoms. The van der Waals surface area contributed by atoms with Gasteiger partial charge in [-0.1, -0.05) is 19.1 Å². The lowest BCUT2D eigenvalue weighted by Gasteiger charge is -2.21. The molecule has 1 atom stereocenters. The summed E-state index contributed by atoms with van der Waals surface area (Å²) in [5.41, 5.74) is 1.09. The molecule has 1 N–H and O–H groups in total. The lowest BCUT2D eigenvalue weighted by molar-refractivity contribution is 0.169. The van der Waals surface area contributed by atoms with E-state index in [4.69, 9.17) is 9.47 Å². The monoisotopic (exact) mass is 269 g/mol. The lowest BCUT2D eigenvalue weighted by atomic mass is 10.1. The second kappa shape index (κ2) is 6.75. The van der Waals surface area contributed by atoms with Crippen LogP contribution in [0.5, 0.6) is 11.5 Å². The SMILES string of the molecule is CCS(=O)CCNCc1cccc2c1OCCO2. The van der Waals surface area contributed by atoms with Gasteiger partial charge in [0.05, 0.1) is 0 Å². The molecule has 0 aliphatic carbocycles. The Morgan fingerprint density at radius 3 is 3.00 bits per heavy atom. The molecule has 100 valence electrons. The standard InChI is InChI=1S/C13H19NO3S/c1-2-18(15)9-6-14-10-11-4-3-5-12-13(11)17-8-7-16-12/h3-5,14H,2,6-10H2,1H3. The first-order valence-electron chi connectivity index (χ1n) is 6.24. The van der Waals surface area contributed by atoms with Crippen molar-refractivity contribution < 1.29 is 13.7 Å². The van der Waals surface area contributed by atoms with Gasteiger partial charge in [-0.15, -0.1) is 0 Å². The molecule has 0 aromatic heterocycles. The third-order valence-corrected chi connectivity index (χ3v) is 4.10. The van der Waals surface area contributed by atoms with E-state index >= 15 is 0 Å². The number of rotatable bonds is 6. The van der Waals surface area contributed by atoms with Crippen LogP contribution in [0.2, 0.25) is 0 Å². The predicted octanol–water partition coefficient (Wildman–Crippen LogP) is 1.32. The Bertz CT molecular complexity index is 423. The fourth-order valence-electron chi connectivity index (χ4n) is 1.83. The Balaban J connectivity index is 1.88. The number of benzene rings is 1. The number of nitrogens with one attached hydrogen (secondary N) is 1. The average Bonchev–Trinajstić information content (AvgIpc) is 2.43. The molecule has 1 aromatic carbocycles. The number of fused-ring (bicyclic) bond motifs is 1. The Labute approximate surface area is 110 Å². The molecule has 0 saturated carbocycles. The molecule has 1 unspecified atom stereocenters. The quantitative estimate of drug-likeness (QED) is 0.791. The summed E-state index contributed by atoms with van der Waals surface area (Å²) < 4.78 is 22.4. The maximum atomic E-state index is 11.3. The first kappa shape index (κ1) is 13.4. The molecule has 1 aromatic rings. The minimum absolute atomic E-state index is 0.601. The second-order valence-electron chi connectivity index (χ2n) is 4.05. The minimum atomic E-state index is -0.705. The third kappa shape index (κ3) is 3.46. The molecule has 4 nitrogen and oxygen atoms in total. The van der Waals surface area contributed by atoms with Crippen LogP contribution in [0.3, 0.4) is 0 Å². The van der Waals surface area contributed by atoms with Gasteiger partial charge in [0, 0.05) is 41.0 Å². The Morgan fingerprint density at radius 1 is 1.33 bits per heavy atom. The molecule has 0 radical (unpaired) electrons. The maximum absolute atomic E-state index is 11.3. The predicted molar refractivity (Wildman–Crippen MR) is 72.7 cm³/mol. The molecule has 1 aliphatic heterocycles. The van der Waals surface area contributed by atoms with E-state index in [0.717, 1.165) is 29.4 Å². The molecule has 0 amide bonds. The van der Waals surface area contributed by atoms with Crippen molar-refractivity contribution >= 4 is 10.8 Å². The van der Waals surface area contributed by atoms with Crippen molar-refractivity contribution in [2.75, 3.05) is 31.3 Å². The van der Waals surface area contributed by atoms with Crippen LogP contribution in [0.4, 0.5) is 0 Å². The van der Waals surface area contributed by atoms with Gasteiger partial charge in [0.2, 0.25) is 0 Å². The highest BCUT2D eigenvalue weighted by Crippen LogP contribution is 2.33. The molecule has 5 heteroatoms. The summed E-state index contributed by atoms with van der Waals surface area (Å²) in [6, 6.07) is 5.91. The normalized spacial score (nSPS) is 15.4. The summed E-state index contributed by atoms with van der Waals surface area (Å²) in [7, 11) is -0.705. The topological polar surface area (TPSA) is 47.6 Å². The van der Waals surface area contributed by atoms with Crippen molar-refractivity contribution in [1.82, 2.24) is 5.32 Å². The van der Waals surface area contributed by atoms with Crippen LogP contribution >= 0.6 is 0 Å². The van der Waals surface area contributed by atoms with E-state index in [1.54, 1.807) is 0 Å². The highest BCUT2D eigenvalue weighted by atomic mass is 32.2. The summed E-state index contributed by atoms with van der Waals surface area (Å²) in [6.07, 6.45) is 0. The smallest absolute Gasteiger partial charge is 0.165 e. The molecule has 0 saturated heterocycles. The first-order chi connectivity index (χ1) is 8.81. The van der Waals surface area contributed by atoms with E-state index in [1.165, 1.54) is 0 Å². The summed E-state index contributed by atoms with van der Waals surface area (Å²) in [4.78, 5) is 0. The zero-order valence-electron chi connectivity index (χ0n) is 10.6. The minimum Gasteiger partial charge on any atom is -0.486 e. The largest absolute Gasteiger partial charge is 0.486 e. The molecule has 0 spiro atoms. The molecular weight excluding hydrogens is 250 g/mol. The number of ether oxygens (including phenoxy) is 2. The highest BCUT2D eigenvalue weighted by molar-refractivity contribution is 7.84. The maximum Gasteiger partial charge on any atom is 0.165 e. The van der Waals surface area contributed by atoms with Crippen LogP contribution in [0.25, 0.3) is 0 Å². The van der Waals surface area contributed by atoms with Gasteiger partial charge in [-0.3, -0.25) is 4.21 Å². The Morgan fingerprint density at radius 2 is 2.17 bits per heavy atom. The zero-order chi connectivity index (χ0) is 12.8. The van der Waals surface area contributed by atoms with E-state index in [1.807, 2.05) is 25.1 Å². The van der Waals surface area contributed by atoms with Crippen molar-refractivity contribution in [1.29, 1.82) is 0 Å². The van der Waals surface area contributed by atoms with Crippen LogP contribution in [0, 0.1) is 0 Å². The molecule has 18 heavy (non-hydrogen) atoms. The number of hydrogen-bond donors (Lipinski definition) is 1. The number of para-hydroxylation sites is 1. The van der Waals surface area contributed by atoms with E-state index in [0.29, 0.717) is 25.5 Å². The van der Waals surface area contributed by atoms with E-state index in [-0.39, 0.29) is 0 Å². The van der Waals surface area contributed by atoms with Gasteiger partial charge in [-0.25, -0.2) is 0 Å². The lowest BCUT2D eigenvalue weighted by Crippen LogP contribution is -2.22. The molecular formula is C13H19NO3S. The van der Waals surface area contributed by atoms with E-state index < -0.39 is 10.8 Å². The fourth-order valence-corrected chi connectivity index (χ4v) is 2.49. The summed E-state index contributed by atoms with van der Waals surface area (Å²) in [6.45, 7) is 4.62. The van der Waals surface area contributed by atoms with Gasteiger partial charge < -0.3 is 14.8 Å².